The molecule has 0 atom stereocenters. The van der Waals surface area contributed by atoms with Crippen LogP contribution in [0, 0.1) is 0 Å². The first-order valence-electron chi connectivity index (χ1n) is 6.17. The van der Waals surface area contributed by atoms with Gasteiger partial charge in [-0.1, -0.05) is 57.8 Å². The van der Waals surface area contributed by atoms with Gasteiger partial charge in [0.1, 0.15) is 0 Å². The van der Waals surface area contributed by atoms with Gasteiger partial charge in [-0.2, -0.15) is 0 Å². The van der Waals surface area contributed by atoms with Crippen LogP contribution < -0.4 is 0 Å². The van der Waals surface area contributed by atoms with Crippen molar-refractivity contribution in [2.75, 3.05) is 0 Å². The second kappa shape index (κ2) is 11.2. The zero-order valence-electron chi connectivity index (χ0n) is 10.2. The number of carbonyl (C=O) groups is 1. The summed E-state index contributed by atoms with van der Waals surface area (Å²) in [6.45, 7) is 4.33. The molecule has 0 saturated carbocycles. The highest BCUT2D eigenvalue weighted by atomic mass is 16.1. The van der Waals surface area contributed by atoms with Gasteiger partial charge in [0.15, 0.2) is 5.78 Å². The summed E-state index contributed by atoms with van der Waals surface area (Å²) >= 11 is 0. The molecule has 0 saturated heterocycles. The van der Waals surface area contributed by atoms with Crippen molar-refractivity contribution in [3.05, 3.63) is 24.3 Å². The van der Waals surface area contributed by atoms with Gasteiger partial charge < -0.3 is 0 Å². The Kier molecular flexibility index (Phi) is 10.6. The SMILES string of the molecule is CCCC/C=C/C=C/C(=O)CCCCC. The lowest BCUT2D eigenvalue weighted by Crippen LogP contribution is -1.91. The number of allylic oxidation sites excluding steroid dienone is 4. The fourth-order valence-corrected chi connectivity index (χ4v) is 1.29. The van der Waals surface area contributed by atoms with Crippen LogP contribution in [0.15, 0.2) is 24.3 Å². The van der Waals surface area contributed by atoms with Crippen LogP contribution in [0.3, 0.4) is 0 Å². The molecule has 1 nitrogen and oxygen atoms in total. The Morgan fingerprint density at radius 2 is 1.73 bits per heavy atom. The molecule has 0 aromatic rings. The molecule has 0 aliphatic rings. The monoisotopic (exact) mass is 208 g/mol. The zero-order chi connectivity index (χ0) is 11.4. The van der Waals surface area contributed by atoms with Crippen LogP contribution in [0.4, 0.5) is 0 Å². The fraction of sp³-hybridized carbons (Fsp3) is 0.643. The first-order valence-corrected chi connectivity index (χ1v) is 6.17. The molecule has 0 N–H and O–H groups in total. The van der Waals surface area contributed by atoms with E-state index in [9.17, 15) is 4.79 Å². The molecule has 0 aromatic heterocycles. The van der Waals surface area contributed by atoms with Crippen LogP contribution in [-0.2, 0) is 4.79 Å². The van der Waals surface area contributed by atoms with Gasteiger partial charge in [0, 0.05) is 6.42 Å². The van der Waals surface area contributed by atoms with Crippen LogP contribution >= 0.6 is 0 Å². The maximum atomic E-state index is 11.3. The smallest absolute Gasteiger partial charge is 0.155 e. The molecule has 15 heavy (non-hydrogen) atoms. The number of hydrogen-bond donors (Lipinski definition) is 0. The Labute approximate surface area is 94.3 Å². The van der Waals surface area contributed by atoms with Crippen LogP contribution in [0.5, 0.6) is 0 Å². The summed E-state index contributed by atoms with van der Waals surface area (Å²) in [7, 11) is 0. The van der Waals surface area contributed by atoms with Gasteiger partial charge in [0.2, 0.25) is 0 Å². The van der Waals surface area contributed by atoms with Crippen molar-refractivity contribution in [3.8, 4) is 0 Å². The van der Waals surface area contributed by atoms with Crippen molar-refractivity contribution >= 4 is 5.78 Å². The van der Waals surface area contributed by atoms with Gasteiger partial charge in [0.05, 0.1) is 0 Å². The average molecular weight is 208 g/mol. The topological polar surface area (TPSA) is 17.1 Å². The van der Waals surface area contributed by atoms with E-state index in [0.29, 0.717) is 6.42 Å². The Bertz CT molecular complexity index is 201. The van der Waals surface area contributed by atoms with E-state index >= 15 is 0 Å². The number of unbranched alkanes of at least 4 members (excludes halogenated alkanes) is 4. The van der Waals surface area contributed by atoms with Crippen molar-refractivity contribution in [2.24, 2.45) is 0 Å². The molecule has 0 rings (SSSR count). The number of ketones is 1. The van der Waals surface area contributed by atoms with Crippen molar-refractivity contribution in [1.82, 2.24) is 0 Å². The molecule has 0 radical (unpaired) electrons. The van der Waals surface area contributed by atoms with Crippen molar-refractivity contribution < 1.29 is 4.79 Å². The Morgan fingerprint density at radius 3 is 2.40 bits per heavy atom. The summed E-state index contributed by atoms with van der Waals surface area (Å²) in [4.78, 5) is 11.3. The normalized spacial score (nSPS) is 11.6. The third-order valence-corrected chi connectivity index (χ3v) is 2.28. The highest BCUT2D eigenvalue weighted by molar-refractivity contribution is 5.89. The van der Waals surface area contributed by atoms with Crippen LogP contribution in [0.2, 0.25) is 0 Å². The summed E-state index contributed by atoms with van der Waals surface area (Å²) in [6.07, 6.45) is 15.3. The van der Waals surface area contributed by atoms with Crippen LogP contribution in [-0.4, -0.2) is 5.78 Å². The molecule has 0 bridgehead atoms. The van der Waals surface area contributed by atoms with Crippen LogP contribution in [0.25, 0.3) is 0 Å². The molecule has 86 valence electrons. The van der Waals surface area contributed by atoms with E-state index < -0.39 is 0 Å². The summed E-state index contributed by atoms with van der Waals surface area (Å²) in [5.74, 6) is 0.253. The van der Waals surface area contributed by atoms with E-state index in [0.717, 1.165) is 19.3 Å². The van der Waals surface area contributed by atoms with E-state index in [4.69, 9.17) is 0 Å². The molecule has 0 heterocycles. The zero-order valence-corrected chi connectivity index (χ0v) is 10.2. The minimum atomic E-state index is 0.253. The lowest BCUT2D eigenvalue weighted by molar-refractivity contribution is -0.114. The third-order valence-electron chi connectivity index (χ3n) is 2.28. The maximum Gasteiger partial charge on any atom is 0.155 e. The molecule has 0 amide bonds. The molecule has 0 spiro atoms. The molecule has 0 unspecified atom stereocenters. The van der Waals surface area contributed by atoms with E-state index in [1.54, 1.807) is 6.08 Å². The van der Waals surface area contributed by atoms with Gasteiger partial charge in [-0.15, -0.1) is 0 Å². The Balaban J connectivity index is 3.49. The lowest BCUT2D eigenvalue weighted by atomic mass is 10.1. The van der Waals surface area contributed by atoms with Gasteiger partial charge in [-0.05, 0) is 18.9 Å². The fourth-order valence-electron chi connectivity index (χ4n) is 1.29. The van der Waals surface area contributed by atoms with E-state index in [2.05, 4.69) is 19.9 Å². The maximum absolute atomic E-state index is 11.3. The van der Waals surface area contributed by atoms with Gasteiger partial charge >= 0.3 is 0 Å². The molecular weight excluding hydrogens is 184 g/mol. The molecule has 1 heteroatoms. The summed E-state index contributed by atoms with van der Waals surface area (Å²) < 4.78 is 0. The second-order valence-electron chi connectivity index (χ2n) is 3.85. The predicted octanol–water partition coefficient (Wildman–Crippen LogP) is 4.44. The molecule has 0 aliphatic heterocycles. The van der Waals surface area contributed by atoms with E-state index in [1.807, 2.05) is 12.2 Å². The summed E-state index contributed by atoms with van der Waals surface area (Å²) in [5.41, 5.74) is 0. The van der Waals surface area contributed by atoms with Gasteiger partial charge in [0.25, 0.3) is 0 Å². The average Bonchev–Trinajstić information content (AvgIpc) is 2.23. The predicted molar refractivity (Wildman–Crippen MR) is 67.0 cm³/mol. The van der Waals surface area contributed by atoms with Gasteiger partial charge in [-0.25, -0.2) is 0 Å². The third kappa shape index (κ3) is 11.1. The van der Waals surface area contributed by atoms with Crippen LogP contribution in [0.1, 0.15) is 58.8 Å². The van der Waals surface area contributed by atoms with Crippen molar-refractivity contribution in [2.45, 2.75) is 58.8 Å². The minimum Gasteiger partial charge on any atom is -0.295 e. The highest BCUT2D eigenvalue weighted by Crippen LogP contribution is 2.00. The molecule has 0 aromatic carbocycles. The Hall–Kier alpha value is -0.850. The Morgan fingerprint density at radius 1 is 1.00 bits per heavy atom. The summed E-state index contributed by atoms with van der Waals surface area (Å²) in [5, 5.41) is 0. The molecular formula is C14H24O. The number of carbonyl (C=O) groups excluding carboxylic acids is 1. The van der Waals surface area contributed by atoms with Gasteiger partial charge in [-0.3, -0.25) is 4.79 Å². The number of rotatable bonds is 9. The standard InChI is InChI=1S/C14H24O/c1-3-5-7-8-9-11-13-14(15)12-10-6-4-2/h8-9,11,13H,3-7,10,12H2,1-2H3/b9-8+,13-11+. The highest BCUT2D eigenvalue weighted by Gasteiger charge is 1.94. The summed E-state index contributed by atoms with van der Waals surface area (Å²) in [6, 6.07) is 0. The molecule has 0 fully saturated rings. The lowest BCUT2D eigenvalue weighted by Gasteiger charge is -1.92. The largest absolute Gasteiger partial charge is 0.295 e. The van der Waals surface area contributed by atoms with Crippen molar-refractivity contribution in [1.29, 1.82) is 0 Å². The molecule has 0 aliphatic carbocycles. The minimum absolute atomic E-state index is 0.253. The first-order chi connectivity index (χ1) is 7.31. The van der Waals surface area contributed by atoms with Crippen molar-refractivity contribution in [3.63, 3.8) is 0 Å². The quantitative estimate of drug-likeness (QED) is 0.311. The second-order valence-corrected chi connectivity index (χ2v) is 3.85. The first kappa shape index (κ1) is 14.2. The van der Waals surface area contributed by atoms with E-state index in [1.165, 1.54) is 19.3 Å². The number of hydrogen-bond acceptors (Lipinski definition) is 1. The van der Waals surface area contributed by atoms with E-state index in [-0.39, 0.29) is 5.78 Å².